The van der Waals surface area contributed by atoms with Crippen LogP contribution in [0.2, 0.25) is 0 Å². The number of amides is 1. The molecule has 0 rings (SSSR count). The molecule has 0 aromatic carbocycles. The van der Waals surface area contributed by atoms with Gasteiger partial charge in [-0.15, -0.1) is 0 Å². The lowest BCUT2D eigenvalue weighted by Crippen LogP contribution is -2.42. The minimum atomic E-state index is -0.540. The monoisotopic (exact) mass is 300 g/mol. The van der Waals surface area contributed by atoms with E-state index in [4.69, 9.17) is 10.5 Å². The number of hydrogen-bond donors (Lipinski definition) is 2. The van der Waals surface area contributed by atoms with Crippen LogP contribution in [0, 0.1) is 11.8 Å². The predicted octanol–water partition coefficient (Wildman–Crippen LogP) is 2.24. The molecule has 0 aliphatic rings. The average Bonchev–Trinajstić information content (AvgIpc) is 2.43. The highest BCUT2D eigenvalue weighted by Gasteiger charge is 2.22. The highest BCUT2D eigenvalue weighted by Crippen LogP contribution is 2.17. The van der Waals surface area contributed by atoms with E-state index in [0.29, 0.717) is 31.2 Å². The van der Waals surface area contributed by atoms with Gasteiger partial charge >= 0.3 is 5.97 Å². The van der Waals surface area contributed by atoms with Gasteiger partial charge in [0.25, 0.3) is 0 Å². The van der Waals surface area contributed by atoms with Crippen LogP contribution in [0.5, 0.6) is 0 Å². The Kier molecular flexibility index (Phi) is 10.9. The van der Waals surface area contributed by atoms with Crippen LogP contribution >= 0.6 is 0 Å². The first kappa shape index (κ1) is 19.9. The van der Waals surface area contributed by atoms with E-state index in [1.54, 1.807) is 0 Å². The number of nitrogens with one attached hydrogen (secondary N) is 1. The summed E-state index contributed by atoms with van der Waals surface area (Å²) in [6.07, 6.45) is 5.01. The van der Waals surface area contributed by atoms with Gasteiger partial charge < -0.3 is 15.8 Å². The SMILES string of the molecule is CCCC(CCN)CCC(=O)NC(CC(C)C)C(=O)OC. The van der Waals surface area contributed by atoms with Crippen molar-refractivity contribution in [3.05, 3.63) is 0 Å². The first-order valence-corrected chi connectivity index (χ1v) is 8.01. The Hall–Kier alpha value is -1.10. The van der Waals surface area contributed by atoms with Gasteiger partial charge in [-0.25, -0.2) is 4.79 Å². The fourth-order valence-electron chi connectivity index (χ4n) is 2.51. The summed E-state index contributed by atoms with van der Waals surface area (Å²) in [6, 6.07) is -0.540. The van der Waals surface area contributed by atoms with Crippen molar-refractivity contribution < 1.29 is 14.3 Å². The second-order valence-electron chi connectivity index (χ2n) is 6.04. The van der Waals surface area contributed by atoms with E-state index in [-0.39, 0.29) is 11.9 Å². The van der Waals surface area contributed by atoms with Crippen LogP contribution in [0.4, 0.5) is 0 Å². The summed E-state index contributed by atoms with van der Waals surface area (Å²) in [5, 5.41) is 2.79. The average molecular weight is 300 g/mol. The molecule has 0 spiro atoms. The van der Waals surface area contributed by atoms with Crippen LogP contribution in [0.1, 0.15) is 59.3 Å². The lowest BCUT2D eigenvalue weighted by Gasteiger charge is -2.19. The van der Waals surface area contributed by atoms with E-state index in [9.17, 15) is 9.59 Å². The molecule has 0 aliphatic heterocycles. The van der Waals surface area contributed by atoms with Gasteiger partial charge in [0.05, 0.1) is 7.11 Å². The van der Waals surface area contributed by atoms with E-state index in [1.165, 1.54) is 7.11 Å². The molecule has 0 aromatic heterocycles. The third-order valence-corrected chi connectivity index (χ3v) is 3.58. The van der Waals surface area contributed by atoms with Crippen LogP contribution in [0.25, 0.3) is 0 Å². The number of carbonyl (C=O) groups is 2. The Labute approximate surface area is 129 Å². The van der Waals surface area contributed by atoms with Gasteiger partial charge in [0, 0.05) is 6.42 Å². The largest absolute Gasteiger partial charge is 0.467 e. The second-order valence-corrected chi connectivity index (χ2v) is 6.04. The number of nitrogens with two attached hydrogens (primary N) is 1. The lowest BCUT2D eigenvalue weighted by atomic mass is 9.94. The molecule has 1 amide bonds. The Balaban J connectivity index is 4.32. The number of rotatable bonds is 11. The summed E-state index contributed by atoms with van der Waals surface area (Å²) < 4.78 is 4.75. The zero-order valence-corrected chi connectivity index (χ0v) is 14.0. The van der Waals surface area contributed by atoms with Crippen molar-refractivity contribution in [1.82, 2.24) is 5.32 Å². The van der Waals surface area contributed by atoms with Crippen molar-refractivity contribution in [1.29, 1.82) is 0 Å². The van der Waals surface area contributed by atoms with Gasteiger partial charge in [0.1, 0.15) is 6.04 Å². The van der Waals surface area contributed by atoms with E-state index >= 15 is 0 Å². The first-order chi connectivity index (χ1) is 9.94. The number of methoxy groups -OCH3 is 1. The van der Waals surface area contributed by atoms with Crippen molar-refractivity contribution in [2.24, 2.45) is 17.6 Å². The third-order valence-electron chi connectivity index (χ3n) is 3.58. The van der Waals surface area contributed by atoms with Gasteiger partial charge in [-0.1, -0.05) is 33.6 Å². The molecular formula is C16H32N2O3. The molecule has 21 heavy (non-hydrogen) atoms. The summed E-state index contributed by atoms with van der Waals surface area (Å²) in [5.74, 6) is 0.361. The molecule has 0 saturated carbocycles. The van der Waals surface area contributed by atoms with E-state index in [0.717, 1.165) is 25.7 Å². The molecule has 5 heteroatoms. The molecule has 5 nitrogen and oxygen atoms in total. The van der Waals surface area contributed by atoms with Crippen LogP contribution in [-0.2, 0) is 14.3 Å². The molecule has 2 atom stereocenters. The fourth-order valence-corrected chi connectivity index (χ4v) is 2.51. The highest BCUT2D eigenvalue weighted by molar-refractivity contribution is 5.84. The number of hydrogen-bond acceptors (Lipinski definition) is 4. The van der Waals surface area contributed by atoms with Crippen LogP contribution in [0.3, 0.4) is 0 Å². The summed E-state index contributed by atoms with van der Waals surface area (Å²) >= 11 is 0. The molecule has 0 bridgehead atoms. The van der Waals surface area contributed by atoms with E-state index < -0.39 is 6.04 Å². The molecule has 0 fully saturated rings. The van der Waals surface area contributed by atoms with Gasteiger partial charge in [0.15, 0.2) is 0 Å². The van der Waals surface area contributed by atoms with Crippen LogP contribution in [0.15, 0.2) is 0 Å². The Morgan fingerprint density at radius 3 is 2.33 bits per heavy atom. The van der Waals surface area contributed by atoms with Crippen molar-refractivity contribution in [3.8, 4) is 0 Å². The third kappa shape index (κ3) is 9.45. The standard InChI is InChI=1S/C16H32N2O3/c1-5-6-13(9-10-17)7-8-15(19)18-14(11-12(2)3)16(20)21-4/h12-14H,5-11,17H2,1-4H3,(H,18,19). The van der Waals surface area contributed by atoms with Crippen LogP contribution in [-0.4, -0.2) is 31.6 Å². The lowest BCUT2D eigenvalue weighted by molar-refractivity contribution is -0.145. The van der Waals surface area contributed by atoms with Crippen LogP contribution < -0.4 is 11.1 Å². The number of esters is 1. The summed E-state index contributed by atoms with van der Waals surface area (Å²) in [7, 11) is 1.35. The molecule has 0 radical (unpaired) electrons. The summed E-state index contributed by atoms with van der Waals surface area (Å²) in [4.78, 5) is 23.7. The van der Waals surface area contributed by atoms with Gasteiger partial charge in [0.2, 0.25) is 5.91 Å². The molecule has 0 aliphatic carbocycles. The molecule has 0 heterocycles. The maximum atomic E-state index is 12.0. The summed E-state index contributed by atoms with van der Waals surface area (Å²) in [5.41, 5.74) is 5.60. The normalized spacial score (nSPS) is 13.8. The smallest absolute Gasteiger partial charge is 0.328 e. The molecular weight excluding hydrogens is 268 g/mol. The van der Waals surface area contributed by atoms with Crippen molar-refractivity contribution >= 4 is 11.9 Å². The zero-order chi connectivity index (χ0) is 16.3. The van der Waals surface area contributed by atoms with Gasteiger partial charge in [-0.3, -0.25) is 4.79 Å². The minimum absolute atomic E-state index is 0.0795. The maximum absolute atomic E-state index is 12.0. The number of ether oxygens (including phenoxy) is 1. The minimum Gasteiger partial charge on any atom is -0.467 e. The Morgan fingerprint density at radius 1 is 1.19 bits per heavy atom. The fraction of sp³-hybridized carbons (Fsp3) is 0.875. The molecule has 3 N–H and O–H groups in total. The number of carbonyl (C=O) groups excluding carboxylic acids is 2. The first-order valence-electron chi connectivity index (χ1n) is 8.01. The molecule has 2 unspecified atom stereocenters. The topological polar surface area (TPSA) is 81.4 Å². The second kappa shape index (κ2) is 11.5. The quantitative estimate of drug-likeness (QED) is 0.573. The van der Waals surface area contributed by atoms with Crippen molar-refractivity contribution in [2.45, 2.75) is 65.3 Å². The van der Waals surface area contributed by atoms with E-state index in [2.05, 4.69) is 12.2 Å². The highest BCUT2D eigenvalue weighted by atomic mass is 16.5. The Bertz CT molecular complexity index is 300. The van der Waals surface area contributed by atoms with Gasteiger partial charge in [-0.2, -0.15) is 0 Å². The van der Waals surface area contributed by atoms with Gasteiger partial charge in [-0.05, 0) is 37.6 Å². The molecule has 0 saturated heterocycles. The predicted molar refractivity (Wildman–Crippen MR) is 84.7 cm³/mol. The van der Waals surface area contributed by atoms with Crippen molar-refractivity contribution in [3.63, 3.8) is 0 Å². The molecule has 124 valence electrons. The van der Waals surface area contributed by atoms with E-state index in [1.807, 2.05) is 13.8 Å². The summed E-state index contributed by atoms with van der Waals surface area (Å²) in [6.45, 7) is 6.82. The molecule has 0 aromatic rings. The van der Waals surface area contributed by atoms with Crippen molar-refractivity contribution in [2.75, 3.05) is 13.7 Å². The zero-order valence-electron chi connectivity index (χ0n) is 14.0. The Morgan fingerprint density at radius 2 is 1.86 bits per heavy atom. The maximum Gasteiger partial charge on any atom is 0.328 e.